The summed E-state index contributed by atoms with van der Waals surface area (Å²) in [5, 5.41) is 0. The van der Waals surface area contributed by atoms with Gasteiger partial charge in [-0.1, -0.05) is 106 Å². The molecular weight excluding hydrogens is 404 g/mol. The van der Waals surface area contributed by atoms with E-state index in [0.29, 0.717) is 0 Å². The van der Waals surface area contributed by atoms with Gasteiger partial charge in [0, 0.05) is 4.47 Å². The number of aryl methyl sites for hydroxylation is 2. The van der Waals surface area contributed by atoms with Gasteiger partial charge >= 0.3 is 0 Å². The third-order valence-electron chi connectivity index (χ3n) is 5.98. The van der Waals surface area contributed by atoms with E-state index >= 15 is 0 Å². The first kappa shape index (κ1) is 17.5. The van der Waals surface area contributed by atoms with E-state index in [1.807, 2.05) is 0 Å². The second-order valence-electron chi connectivity index (χ2n) is 7.72. The van der Waals surface area contributed by atoms with Crippen molar-refractivity contribution in [3.05, 3.63) is 129 Å². The van der Waals surface area contributed by atoms with Crippen LogP contribution >= 0.6 is 15.9 Å². The van der Waals surface area contributed by atoms with Gasteiger partial charge in [-0.15, -0.1) is 0 Å². The van der Waals surface area contributed by atoms with Crippen molar-refractivity contribution < 1.29 is 0 Å². The molecule has 5 rings (SSSR count). The molecule has 0 aromatic heterocycles. The molecule has 0 heterocycles. The van der Waals surface area contributed by atoms with E-state index in [0.717, 1.165) is 4.47 Å². The highest BCUT2D eigenvalue weighted by Gasteiger charge is 2.45. The quantitative estimate of drug-likeness (QED) is 0.276. The Labute approximate surface area is 175 Å². The van der Waals surface area contributed by atoms with Crippen molar-refractivity contribution >= 4 is 15.9 Å². The lowest BCUT2D eigenvalue weighted by Crippen LogP contribution is -2.28. The maximum Gasteiger partial charge on any atom is 0.0713 e. The molecule has 0 unspecified atom stereocenters. The van der Waals surface area contributed by atoms with Crippen molar-refractivity contribution in [3.8, 4) is 11.1 Å². The molecule has 0 amide bonds. The molecule has 1 heteroatoms. The van der Waals surface area contributed by atoms with Gasteiger partial charge in [0.05, 0.1) is 5.41 Å². The molecule has 1 aliphatic rings. The third kappa shape index (κ3) is 2.43. The van der Waals surface area contributed by atoms with Crippen LogP contribution in [0.2, 0.25) is 0 Å². The Hall–Kier alpha value is -2.64. The molecule has 4 aromatic rings. The highest BCUT2D eigenvalue weighted by atomic mass is 79.9. The first-order chi connectivity index (χ1) is 13.6. The van der Waals surface area contributed by atoms with Crippen LogP contribution in [0.25, 0.3) is 11.1 Å². The van der Waals surface area contributed by atoms with Crippen LogP contribution in [0.4, 0.5) is 0 Å². The molecule has 0 aliphatic heterocycles. The standard InChI is InChI=1S/C27H21Br/c1-18-7-11-20(12-8-18)27(21-13-9-19(2)10-14-21)25-6-4-3-5-23(25)24-17-22(28)15-16-26(24)27/h3-17H,1-2H3. The zero-order valence-corrected chi connectivity index (χ0v) is 17.6. The van der Waals surface area contributed by atoms with Crippen molar-refractivity contribution in [1.29, 1.82) is 0 Å². The van der Waals surface area contributed by atoms with Gasteiger partial charge in [-0.25, -0.2) is 0 Å². The largest absolute Gasteiger partial charge is 0.0713 e. The Morgan fingerprint density at radius 2 is 1.11 bits per heavy atom. The van der Waals surface area contributed by atoms with Gasteiger partial charge in [-0.05, 0) is 59.4 Å². The summed E-state index contributed by atoms with van der Waals surface area (Å²) in [6, 6.07) is 33.7. The van der Waals surface area contributed by atoms with Gasteiger partial charge in [-0.2, -0.15) is 0 Å². The number of halogens is 1. The second kappa shape index (κ2) is 6.46. The topological polar surface area (TPSA) is 0 Å². The summed E-state index contributed by atoms with van der Waals surface area (Å²) in [5.41, 5.74) is 10.2. The van der Waals surface area contributed by atoms with E-state index in [1.165, 1.54) is 44.5 Å². The van der Waals surface area contributed by atoms with Crippen molar-refractivity contribution in [1.82, 2.24) is 0 Å². The second-order valence-corrected chi connectivity index (χ2v) is 8.63. The average molecular weight is 425 g/mol. The van der Waals surface area contributed by atoms with Crippen LogP contribution in [0.15, 0.2) is 95.5 Å². The fourth-order valence-corrected chi connectivity index (χ4v) is 5.01. The molecule has 0 saturated heterocycles. The van der Waals surface area contributed by atoms with E-state index in [2.05, 4.69) is 121 Å². The van der Waals surface area contributed by atoms with E-state index in [1.54, 1.807) is 0 Å². The van der Waals surface area contributed by atoms with Crippen LogP contribution in [0, 0.1) is 13.8 Å². The summed E-state index contributed by atoms with van der Waals surface area (Å²) in [6.45, 7) is 4.30. The van der Waals surface area contributed by atoms with Gasteiger partial charge in [0.15, 0.2) is 0 Å². The van der Waals surface area contributed by atoms with Gasteiger partial charge < -0.3 is 0 Å². The Morgan fingerprint density at radius 3 is 1.71 bits per heavy atom. The fourth-order valence-electron chi connectivity index (χ4n) is 4.65. The van der Waals surface area contributed by atoms with E-state index in [-0.39, 0.29) is 5.41 Å². The highest BCUT2D eigenvalue weighted by molar-refractivity contribution is 9.10. The predicted molar refractivity (Wildman–Crippen MR) is 121 cm³/mol. The van der Waals surface area contributed by atoms with Crippen LogP contribution < -0.4 is 0 Å². The van der Waals surface area contributed by atoms with Gasteiger partial charge in [-0.3, -0.25) is 0 Å². The Bertz CT molecular complexity index is 1120. The minimum atomic E-state index is -0.298. The maximum atomic E-state index is 3.69. The van der Waals surface area contributed by atoms with Crippen molar-refractivity contribution in [2.75, 3.05) is 0 Å². The van der Waals surface area contributed by atoms with Crippen molar-refractivity contribution in [2.24, 2.45) is 0 Å². The van der Waals surface area contributed by atoms with Crippen LogP contribution in [0.5, 0.6) is 0 Å². The van der Waals surface area contributed by atoms with E-state index < -0.39 is 0 Å². The molecule has 0 nitrogen and oxygen atoms in total. The molecule has 0 fully saturated rings. The number of hydrogen-bond donors (Lipinski definition) is 0. The third-order valence-corrected chi connectivity index (χ3v) is 6.47. The molecule has 0 spiro atoms. The van der Waals surface area contributed by atoms with Crippen molar-refractivity contribution in [2.45, 2.75) is 19.3 Å². The summed E-state index contributed by atoms with van der Waals surface area (Å²) in [6.07, 6.45) is 0. The summed E-state index contributed by atoms with van der Waals surface area (Å²) < 4.78 is 1.12. The smallest absolute Gasteiger partial charge is 0.0619 e. The Morgan fingerprint density at radius 1 is 0.571 bits per heavy atom. The van der Waals surface area contributed by atoms with E-state index in [4.69, 9.17) is 0 Å². The highest BCUT2D eigenvalue weighted by Crippen LogP contribution is 2.56. The lowest BCUT2D eigenvalue weighted by Gasteiger charge is -2.34. The van der Waals surface area contributed by atoms with Gasteiger partial charge in [0.25, 0.3) is 0 Å². The molecule has 1 aliphatic carbocycles. The zero-order chi connectivity index (χ0) is 19.3. The monoisotopic (exact) mass is 424 g/mol. The van der Waals surface area contributed by atoms with Gasteiger partial charge in [0.2, 0.25) is 0 Å². The van der Waals surface area contributed by atoms with Crippen LogP contribution in [0.1, 0.15) is 33.4 Å². The van der Waals surface area contributed by atoms with Crippen LogP contribution in [-0.4, -0.2) is 0 Å². The summed E-state index contributed by atoms with van der Waals surface area (Å²) in [5.74, 6) is 0. The Kier molecular flexibility index (Phi) is 4.03. The number of benzene rings is 4. The molecule has 0 radical (unpaired) electrons. The minimum Gasteiger partial charge on any atom is -0.0619 e. The normalized spacial score (nSPS) is 13.8. The molecule has 28 heavy (non-hydrogen) atoms. The predicted octanol–water partition coefficient (Wildman–Crippen LogP) is 7.43. The number of rotatable bonds is 2. The summed E-state index contributed by atoms with van der Waals surface area (Å²) in [4.78, 5) is 0. The molecule has 0 bridgehead atoms. The summed E-state index contributed by atoms with van der Waals surface area (Å²) >= 11 is 3.69. The summed E-state index contributed by atoms with van der Waals surface area (Å²) in [7, 11) is 0. The maximum absolute atomic E-state index is 3.69. The fraction of sp³-hybridized carbons (Fsp3) is 0.111. The van der Waals surface area contributed by atoms with Crippen LogP contribution in [0.3, 0.4) is 0 Å². The number of hydrogen-bond acceptors (Lipinski definition) is 0. The lowest BCUT2D eigenvalue weighted by atomic mass is 9.67. The minimum absolute atomic E-state index is 0.298. The molecule has 0 saturated carbocycles. The molecule has 4 aromatic carbocycles. The lowest BCUT2D eigenvalue weighted by molar-refractivity contribution is 0.767. The van der Waals surface area contributed by atoms with Crippen LogP contribution in [-0.2, 0) is 5.41 Å². The molecule has 0 N–H and O–H groups in total. The first-order valence-electron chi connectivity index (χ1n) is 9.65. The van der Waals surface area contributed by atoms with Crippen molar-refractivity contribution in [3.63, 3.8) is 0 Å². The zero-order valence-electron chi connectivity index (χ0n) is 16.0. The molecule has 136 valence electrons. The molecular formula is C27H21Br. The SMILES string of the molecule is Cc1ccc(C2(c3ccc(C)cc3)c3ccccc3-c3cc(Br)ccc32)cc1. The van der Waals surface area contributed by atoms with Gasteiger partial charge in [0.1, 0.15) is 0 Å². The Balaban J connectivity index is 1.95. The first-order valence-corrected chi connectivity index (χ1v) is 10.4. The average Bonchev–Trinajstić information content (AvgIpc) is 3.00. The number of fused-ring (bicyclic) bond motifs is 3. The van der Waals surface area contributed by atoms with E-state index in [9.17, 15) is 0 Å². The molecule has 0 atom stereocenters.